The molecule has 0 fully saturated rings. The lowest BCUT2D eigenvalue weighted by Gasteiger charge is -1.92. The smallest absolute Gasteiger partial charge is 0.0435 e. The van der Waals surface area contributed by atoms with Crippen LogP contribution in [-0.4, -0.2) is 4.98 Å². The van der Waals surface area contributed by atoms with Crippen LogP contribution in [0.3, 0.4) is 0 Å². The molecule has 0 radical (unpaired) electrons. The standard InChI is InChI=1S/C8H9N.H3N.H3P/c1-3-7-4-2-6-9-8(7)5-1;;/h2,4,6H,1,3,5H2;2*1H3. The maximum atomic E-state index is 4.26. The first-order chi connectivity index (χ1) is 4.47. The SMILES string of the molecule is N.P.c1cnc2c(c1)CCC2. The molecule has 3 heteroatoms. The van der Waals surface area contributed by atoms with Gasteiger partial charge in [-0.3, -0.25) is 4.98 Å². The van der Waals surface area contributed by atoms with E-state index < -0.39 is 0 Å². The topological polar surface area (TPSA) is 47.9 Å². The highest BCUT2D eigenvalue weighted by molar-refractivity contribution is 6.92. The van der Waals surface area contributed by atoms with Crippen LogP contribution in [0.1, 0.15) is 17.7 Å². The van der Waals surface area contributed by atoms with Gasteiger partial charge in [0.2, 0.25) is 0 Å². The molecule has 0 amide bonds. The number of fused-ring (bicyclic) bond motifs is 1. The summed E-state index contributed by atoms with van der Waals surface area (Å²) in [5.41, 5.74) is 2.77. The molecule has 2 rings (SSSR count). The Labute approximate surface area is 70.6 Å². The Bertz CT molecular complexity index is 202. The lowest BCUT2D eigenvalue weighted by molar-refractivity contribution is 0.899. The Morgan fingerprint density at radius 2 is 2.09 bits per heavy atom. The van der Waals surface area contributed by atoms with Crippen LogP contribution in [0.2, 0.25) is 0 Å². The molecule has 0 spiro atoms. The molecule has 11 heavy (non-hydrogen) atoms. The molecule has 1 aliphatic rings. The summed E-state index contributed by atoms with van der Waals surface area (Å²) >= 11 is 0. The molecule has 62 valence electrons. The largest absolute Gasteiger partial charge is 0.344 e. The molecule has 2 nitrogen and oxygen atoms in total. The minimum atomic E-state index is 0. The first-order valence-corrected chi connectivity index (χ1v) is 3.39. The second-order valence-electron chi connectivity index (χ2n) is 2.46. The molecule has 0 aromatic carbocycles. The first-order valence-electron chi connectivity index (χ1n) is 3.39. The lowest BCUT2D eigenvalue weighted by Crippen LogP contribution is -1.83. The quantitative estimate of drug-likeness (QED) is 0.603. The van der Waals surface area contributed by atoms with Gasteiger partial charge in [-0.2, -0.15) is 9.90 Å². The van der Waals surface area contributed by atoms with Crippen LogP contribution in [0.5, 0.6) is 0 Å². The third-order valence-corrected chi connectivity index (χ3v) is 1.84. The fourth-order valence-corrected chi connectivity index (χ4v) is 1.37. The molecule has 0 saturated heterocycles. The van der Waals surface area contributed by atoms with E-state index in [4.69, 9.17) is 0 Å². The van der Waals surface area contributed by atoms with E-state index in [1.165, 1.54) is 30.5 Å². The number of aromatic nitrogens is 1. The Balaban J connectivity index is 0.000000500. The van der Waals surface area contributed by atoms with E-state index in [9.17, 15) is 0 Å². The van der Waals surface area contributed by atoms with E-state index >= 15 is 0 Å². The van der Waals surface area contributed by atoms with Crippen molar-refractivity contribution < 1.29 is 0 Å². The summed E-state index contributed by atoms with van der Waals surface area (Å²) in [5.74, 6) is 0. The van der Waals surface area contributed by atoms with Gasteiger partial charge in [-0.05, 0) is 30.9 Å². The highest BCUT2D eigenvalue weighted by Crippen LogP contribution is 2.17. The van der Waals surface area contributed by atoms with Crippen LogP contribution in [0.25, 0.3) is 0 Å². The van der Waals surface area contributed by atoms with Crippen molar-refractivity contribution in [2.24, 2.45) is 0 Å². The van der Waals surface area contributed by atoms with Crippen LogP contribution < -0.4 is 6.15 Å². The van der Waals surface area contributed by atoms with Crippen molar-refractivity contribution >= 4 is 9.90 Å². The van der Waals surface area contributed by atoms with Crippen LogP contribution in [0, 0.1) is 0 Å². The van der Waals surface area contributed by atoms with Crippen molar-refractivity contribution in [3.05, 3.63) is 29.6 Å². The van der Waals surface area contributed by atoms with E-state index in [2.05, 4.69) is 11.1 Å². The van der Waals surface area contributed by atoms with E-state index in [1.807, 2.05) is 12.3 Å². The monoisotopic (exact) mass is 170 g/mol. The second kappa shape index (κ2) is 4.42. The zero-order chi connectivity index (χ0) is 6.10. The van der Waals surface area contributed by atoms with E-state index in [1.54, 1.807) is 0 Å². The fourth-order valence-electron chi connectivity index (χ4n) is 1.37. The average molecular weight is 170 g/mol. The zero-order valence-corrected chi connectivity index (χ0v) is 8.13. The van der Waals surface area contributed by atoms with Gasteiger partial charge in [-0.25, -0.2) is 0 Å². The Kier molecular flexibility index (Phi) is 4.24. The minimum absolute atomic E-state index is 0. The normalized spacial score (nSPS) is 12.7. The molecular weight excluding hydrogens is 155 g/mol. The number of hydrogen-bond donors (Lipinski definition) is 1. The summed E-state index contributed by atoms with van der Waals surface area (Å²) in [4.78, 5) is 4.26. The summed E-state index contributed by atoms with van der Waals surface area (Å²) in [7, 11) is 0. The Hall–Kier alpha value is -0.460. The van der Waals surface area contributed by atoms with Crippen LogP contribution in [-0.2, 0) is 12.8 Å². The van der Waals surface area contributed by atoms with E-state index in [-0.39, 0.29) is 16.0 Å². The van der Waals surface area contributed by atoms with Gasteiger partial charge in [-0.15, -0.1) is 0 Å². The summed E-state index contributed by atoms with van der Waals surface area (Å²) in [5, 5.41) is 0. The van der Waals surface area contributed by atoms with Gasteiger partial charge in [0.05, 0.1) is 0 Å². The molecule has 1 aromatic heterocycles. The maximum Gasteiger partial charge on any atom is 0.0435 e. The van der Waals surface area contributed by atoms with Crippen molar-refractivity contribution in [2.45, 2.75) is 19.3 Å². The highest BCUT2D eigenvalue weighted by Gasteiger charge is 2.08. The number of aryl methyl sites for hydroxylation is 2. The van der Waals surface area contributed by atoms with E-state index in [0.717, 1.165) is 0 Å². The van der Waals surface area contributed by atoms with Gasteiger partial charge in [0, 0.05) is 11.9 Å². The summed E-state index contributed by atoms with van der Waals surface area (Å²) < 4.78 is 0. The minimum Gasteiger partial charge on any atom is -0.344 e. The van der Waals surface area contributed by atoms with Gasteiger partial charge < -0.3 is 6.15 Å². The Morgan fingerprint density at radius 1 is 1.27 bits per heavy atom. The molecular formula is C8H15N2P. The summed E-state index contributed by atoms with van der Waals surface area (Å²) in [6.45, 7) is 0. The predicted molar refractivity (Wildman–Crippen MR) is 52.4 cm³/mol. The second-order valence-corrected chi connectivity index (χ2v) is 2.46. The van der Waals surface area contributed by atoms with Crippen molar-refractivity contribution in [3.8, 4) is 0 Å². The predicted octanol–water partition coefficient (Wildman–Crippen LogP) is 1.79. The molecule has 1 aliphatic carbocycles. The van der Waals surface area contributed by atoms with Gasteiger partial charge >= 0.3 is 0 Å². The van der Waals surface area contributed by atoms with Crippen molar-refractivity contribution in [2.75, 3.05) is 0 Å². The third-order valence-electron chi connectivity index (χ3n) is 1.84. The summed E-state index contributed by atoms with van der Waals surface area (Å²) in [6.07, 6.45) is 5.61. The highest BCUT2D eigenvalue weighted by atomic mass is 31.0. The molecule has 0 aliphatic heterocycles. The average Bonchev–Trinajstić information content (AvgIpc) is 2.33. The van der Waals surface area contributed by atoms with Gasteiger partial charge in [0.15, 0.2) is 0 Å². The van der Waals surface area contributed by atoms with Gasteiger partial charge in [-0.1, -0.05) is 6.07 Å². The molecule has 3 N–H and O–H groups in total. The number of pyridine rings is 1. The summed E-state index contributed by atoms with van der Waals surface area (Å²) in [6, 6.07) is 4.19. The number of rotatable bonds is 0. The number of hydrogen-bond acceptors (Lipinski definition) is 2. The molecule has 1 unspecified atom stereocenters. The third kappa shape index (κ3) is 1.98. The van der Waals surface area contributed by atoms with Crippen LogP contribution >= 0.6 is 9.90 Å². The number of nitrogens with zero attached hydrogens (tertiary/aromatic N) is 1. The van der Waals surface area contributed by atoms with Crippen molar-refractivity contribution in [1.82, 2.24) is 11.1 Å². The zero-order valence-electron chi connectivity index (χ0n) is 6.71. The Morgan fingerprint density at radius 3 is 2.82 bits per heavy atom. The van der Waals surface area contributed by atoms with Crippen molar-refractivity contribution in [3.63, 3.8) is 0 Å². The maximum absolute atomic E-state index is 4.26. The van der Waals surface area contributed by atoms with Crippen molar-refractivity contribution in [1.29, 1.82) is 0 Å². The lowest BCUT2D eigenvalue weighted by atomic mass is 10.2. The molecule has 0 saturated carbocycles. The van der Waals surface area contributed by atoms with Gasteiger partial charge in [0.25, 0.3) is 0 Å². The van der Waals surface area contributed by atoms with Gasteiger partial charge in [0.1, 0.15) is 0 Å². The molecule has 1 heterocycles. The van der Waals surface area contributed by atoms with E-state index in [0.29, 0.717) is 0 Å². The molecule has 1 atom stereocenters. The molecule has 1 aromatic rings. The first kappa shape index (κ1) is 10.5. The van der Waals surface area contributed by atoms with Crippen LogP contribution in [0.4, 0.5) is 0 Å². The molecule has 0 bridgehead atoms. The fraction of sp³-hybridized carbons (Fsp3) is 0.375. The van der Waals surface area contributed by atoms with Crippen LogP contribution in [0.15, 0.2) is 18.3 Å².